The SMILES string of the molecule is CCNc1ccc([C@@H](CC(=O)NCc2ncc[nH]2)c2ccc(C)c(CN3C[C@@H](CC)Oc4ncccc4S3(=O)=O)c2)c(C)c1NN.[HH].[HH]. The van der Waals surface area contributed by atoms with Crippen LogP contribution in [0, 0.1) is 13.8 Å². The topological polar surface area (TPSA) is 167 Å². The van der Waals surface area contributed by atoms with E-state index in [1.165, 1.54) is 16.6 Å². The van der Waals surface area contributed by atoms with E-state index in [0.29, 0.717) is 12.2 Å². The second kappa shape index (κ2) is 14.3. The fourth-order valence-corrected chi connectivity index (χ4v) is 7.34. The van der Waals surface area contributed by atoms with Crippen LogP contribution in [0.5, 0.6) is 5.88 Å². The molecule has 1 aliphatic heterocycles. The number of H-pyrrole nitrogens is 1. The van der Waals surface area contributed by atoms with Gasteiger partial charge in [0.1, 0.15) is 16.8 Å². The number of rotatable bonds is 12. The van der Waals surface area contributed by atoms with Crippen molar-refractivity contribution < 1.29 is 20.8 Å². The highest BCUT2D eigenvalue weighted by Gasteiger charge is 2.35. The van der Waals surface area contributed by atoms with Crippen molar-refractivity contribution in [3.8, 4) is 5.88 Å². The van der Waals surface area contributed by atoms with Crippen molar-refractivity contribution in [1.29, 1.82) is 0 Å². The quantitative estimate of drug-likeness (QED) is 0.107. The van der Waals surface area contributed by atoms with E-state index in [0.717, 1.165) is 45.7 Å². The number of amides is 1. The van der Waals surface area contributed by atoms with E-state index in [2.05, 4.69) is 31.0 Å². The highest BCUT2D eigenvalue weighted by atomic mass is 32.2. The van der Waals surface area contributed by atoms with Gasteiger partial charge in [-0.3, -0.25) is 10.6 Å². The van der Waals surface area contributed by atoms with Gasteiger partial charge in [0, 0.05) is 46.9 Å². The van der Waals surface area contributed by atoms with Gasteiger partial charge in [0.2, 0.25) is 21.8 Å². The number of anilines is 2. The third kappa shape index (κ3) is 7.01. The molecule has 2 atom stereocenters. The Hall–Kier alpha value is -4.46. The average molecular weight is 651 g/mol. The molecule has 4 aromatic rings. The summed E-state index contributed by atoms with van der Waals surface area (Å²) in [6.07, 6.45) is 5.32. The Balaban J connectivity index is 0.00000312. The smallest absolute Gasteiger partial charge is 0.248 e. The molecule has 0 saturated heterocycles. The Morgan fingerprint density at radius 3 is 2.72 bits per heavy atom. The van der Waals surface area contributed by atoms with Gasteiger partial charge in [-0.1, -0.05) is 31.2 Å². The number of ether oxygens (including phenoxy) is 1. The Bertz CT molecular complexity index is 1790. The van der Waals surface area contributed by atoms with E-state index in [-0.39, 0.29) is 57.6 Å². The predicted octanol–water partition coefficient (Wildman–Crippen LogP) is 4.83. The molecule has 0 fully saturated rings. The maximum atomic E-state index is 13.9. The zero-order valence-electron chi connectivity index (χ0n) is 26.6. The molecule has 0 spiro atoms. The number of aromatic nitrogens is 3. The van der Waals surface area contributed by atoms with Crippen LogP contribution in [0.3, 0.4) is 0 Å². The van der Waals surface area contributed by atoms with Crippen LogP contribution >= 0.6 is 0 Å². The Kier molecular flexibility index (Phi) is 10.2. The van der Waals surface area contributed by atoms with Crippen LogP contribution in [0.1, 0.15) is 69.1 Å². The number of hydrogen-bond acceptors (Lipinski definition) is 9. The number of aryl methyl sites for hydroxylation is 1. The highest BCUT2D eigenvalue weighted by molar-refractivity contribution is 7.89. The number of carbonyl (C=O) groups excluding carboxylic acids is 1. The Morgan fingerprint density at radius 1 is 1.17 bits per heavy atom. The van der Waals surface area contributed by atoms with Crippen molar-refractivity contribution >= 4 is 27.3 Å². The summed E-state index contributed by atoms with van der Waals surface area (Å²) in [5, 5.41) is 6.30. The molecule has 5 rings (SSSR count). The van der Waals surface area contributed by atoms with Gasteiger partial charge in [0.15, 0.2) is 0 Å². The monoisotopic (exact) mass is 650 g/mol. The normalized spacial score (nSPS) is 16.5. The zero-order chi connectivity index (χ0) is 32.8. The number of nitrogens with two attached hydrogens (primary N) is 1. The zero-order valence-corrected chi connectivity index (χ0v) is 27.4. The van der Waals surface area contributed by atoms with Crippen LogP contribution in [0.15, 0.2) is 66.0 Å². The molecule has 12 nitrogen and oxygen atoms in total. The minimum atomic E-state index is -3.89. The van der Waals surface area contributed by atoms with Crippen LogP contribution in [0.4, 0.5) is 11.4 Å². The van der Waals surface area contributed by atoms with E-state index in [4.69, 9.17) is 10.6 Å². The van der Waals surface area contributed by atoms with Crippen LogP contribution in [0.25, 0.3) is 0 Å². The third-order valence-electron chi connectivity index (χ3n) is 8.41. The van der Waals surface area contributed by atoms with Gasteiger partial charge >= 0.3 is 0 Å². The van der Waals surface area contributed by atoms with Crippen molar-refractivity contribution in [2.45, 2.75) is 70.5 Å². The molecule has 0 unspecified atom stereocenters. The number of nitrogens with one attached hydrogen (secondary N) is 4. The number of benzene rings is 2. The number of carbonyl (C=O) groups is 1. The van der Waals surface area contributed by atoms with E-state index >= 15 is 0 Å². The first-order valence-electron chi connectivity index (χ1n) is 15.5. The lowest BCUT2D eigenvalue weighted by Crippen LogP contribution is -2.36. The summed E-state index contributed by atoms with van der Waals surface area (Å²) >= 11 is 0. The molecule has 3 heterocycles. The molecule has 1 aliphatic rings. The molecule has 0 radical (unpaired) electrons. The first-order valence-corrected chi connectivity index (χ1v) is 16.9. The molecular weight excluding hydrogens is 604 g/mol. The molecule has 0 saturated carbocycles. The second-order valence-corrected chi connectivity index (χ2v) is 13.3. The van der Waals surface area contributed by atoms with E-state index < -0.39 is 10.0 Å². The summed E-state index contributed by atoms with van der Waals surface area (Å²) in [4.78, 5) is 24.9. The van der Waals surface area contributed by atoms with Crippen molar-refractivity contribution in [3.05, 3.63) is 94.7 Å². The number of pyridine rings is 1. The van der Waals surface area contributed by atoms with Crippen LogP contribution < -0.4 is 26.6 Å². The molecular formula is C33H46N8O4S. The van der Waals surface area contributed by atoms with Crippen molar-refractivity contribution in [1.82, 2.24) is 24.6 Å². The van der Waals surface area contributed by atoms with Gasteiger partial charge in [-0.25, -0.2) is 18.4 Å². The highest BCUT2D eigenvalue weighted by Crippen LogP contribution is 2.38. The molecule has 0 bridgehead atoms. The molecule has 2 aromatic carbocycles. The van der Waals surface area contributed by atoms with Crippen LogP contribution in [0.2, 0.25) is 0 Å². The van der Waals surface area contributed by atoms with Gasteiger partial charge < -0.3 is 25.8 Å². The van der Waals surface area contributed by atoms with E-state index in [1.54, 1.807) is 18.5 Å². The van der Waals surface area contributed by atoms with Crippen molar-refractivity contribution in [2.75, 3.05) is 23.8 Å². The van der Waals surface area contributed by atoms with Gasteiger partial charge in [0.25, 0.3) is 0 Å². The third-order valence-corrected chi connectivity index (χ3v) is 10.2. The summed E-state index contributed by atoms with van der Waals surface area (Å²) in [5.74, 6) is 6.27. The second-order valence-electron chi connectivity index (χ2n) is 11.4. The number of fused-ring (bicyclic) bond motifs is 1. The molecule has 13 heteroatoms. The minimum Gasteiger partial charge on any atom is -0.472 e. The molecule has 6 N–H and O–H groups in total. The van der Waals surface area contributed by atoms with E-state index in [9.17, 15) is 13.2 Å². The number of nitrogens with zero attached hydrogens (tertiary/aromatic N) is 3. The fraction of sp³-hybridized carbons (Fsp3) is 0.364. The lowest BCUT2D eigenvalue weighted by Gasteiger charge is -2.26. The van der Waals surface area contributed by atoms with Crippen LogP contribution in [-0.2, 0) is 27.9 Å². The largest absolute Gasteiger partial charge is 0.472 e. The average Bonchev–Trinajstić information content (AvgIpc) is 3.54. The number of hydrazine groups is 1. The number of hydrogen-bond donors (Lipinski definition) is 5. The Labute approximate surface area is 273 Å². The minimum absolute atomic E-state index is 0. The summed E-state index contributed by atoms with van der Waals surface area (Å²) < 4.78 is 35.2. The number of sulfonamides is 1. The standard InChI is InChI=1S/C33H42N8O4S.2H2/c1-5-25-20-41(46(43,44)29-8-7-13-38-33(29)45-25)19-24-16-23(10-9-21(24)3)27(17-31(42)39-18-30-36-14-15-37-30)26-11-12-28(35-6-2)32(40-34)22(26)4;;/h7-16,25,27,35,40H,5-6,17-20,34H2,1-4H3,(H,36,37)(H,39,42);2*1H/t25-,27+;;/m1../s1. The van der Waals surface area contributed by atoms with Crippen molar-refractivity contribution in [2.24, 2.45) is 5.84 Å². The van der Waals surface area contributed by atoms with Gasteiger partial charge in [0.05, 0.1) is 24.5 Å². The summed E-state index contributed by atoms with van der Waals surface area (Å²) in [6.45, 7) is 9.24. The summed E-state index contributed by atoms with van der Waals surface area (Å²) in [7, 11) is -3.89. The maximum absolute atomic E-state index is 13.9. The fourth-order valence-electron chi connectivity index (χ4n) is 5.82. The summed E-state index contributed by atoms with van der Waals surface area (Å²) in [6, 6.07) is 13.1. The molecule has 248 valence electrons. The maximum Gasteiger partial charge on any atom is 0.248 e. The van der Waals surface area contributed by atoms with Gasteiger partial charge in [-0.15, -0.1) is 0 Å². The van der Waals surface area contributed by atoms with E-state index in [1.807, 2.05) is 58.0 Å². The first-order chi connectivity index (χ1) is 22.2. The predicted molar refractivity (Wildman–Crippen MR) is 182 cm³/mol. The lowest BCUT2D eigenvalue weighted by molar-refractivity contribution is -0.121. The summed E-state index contributed by atoms with van der Waals surface area (Å²) in [5.41, 5.74) is 8.95. The number of imidazole rings is 1. The molecule has 46 heavy (non-hydrogen) atoms. The number of nitrogen functional groups attached to an aromatic ring is 1. The lowest BCUT2D eigenvalue weighted by atomic mass is 9.83. The van der Waals surface area contributed by atoms with Crippen molar-refractivity contribution in [3.63, 3.8) is 0 Å². The Morgan fingerprint density at radius 2 is 2.00 bits per heavy atom. The van der Waals surface area contributed by atoms with Gasteiger partial charge in [-0.05, 0) is 73.2 Å². The molecule has 2 aromatic heterocycles. The molecule has 0 aliphatic carbocycles. The van der Waals surface area contributed by atoms with Crippen LogP contribution in [-0.4, -0.2) is 52.8 Å². The first kappa shape index (κ1) is 32.9. The van der Waals surface area contributed by atoms with Gasteiger partial charge in [-0.2, -0.15) is 4.31 Å². The molecule has 1 amide bonds. The number of aromatic amines is 1.